The smallest absolute Gasteiger partial charge is 0.257 e. The van der Waals surface area contributed by atoms with Crippen LogP contribution in [0.2, 0.25) is 0 Å². The third-order valence-electron chi connectivity index (χ3n) is 3.08. The summed E-state index contributed by atoms with van der Waals surface area (Å²) in [7, 11) is 0. The zero-order valence-corrected chi connectivity index (χ0v) is 14.1. The predicted molar refractivity (Wildman–Crippen MR) is 86.3 cm³/mol. The minimum absolute atomic E-state index is 0.0613. The predicted octanol–water partition coefficient (Wildman–Crippen LogP) is 4.26. The summed E-state index contributed by atoms with van der Waals surface area (Å²) in [4.78, 5) is 11.6. The van der Waals surface area contributed by atoms with E-state index in [4.69, 9.17) is 4.74 Å². The lowest BCUT2D eigenvalue weighted by Gasteiger charge is -2.11. The van der Waals surface area contributed by atoms with Crippen LogP contribution < -0.4 is 10.1 Å². The molecule has 0 aromatic heterocycles. The molecule has 0 spiro atoms. The van der Waals surface area contributed by atoms with Gasteiger partial charge in [0.15, 0.2) is 6.61 Å². The molecule has 0 unspecified atom stereocenters. The second kappa shape index (κ2) is 9.01. The standard InChI is InChI=1S/C16H24BrNO2/c1-4-5-6-9-18-16(19)11-20-15-8-7-13(12(2)3)10-14(15)17/h7-8,10,12H,4-6,9,11H2,1-3H3,(H,18,19). The Hall–Kier alpha value is -1.03. The minimum atomic E-state index is -0.0686. The van der Waals surface area contributed by atoms with Gasteiger partial charge in [0.2, 0.25) is 0 Å². The topological polar surface area (TPSA) is 38.3 Å². The van der Waals surface area contributed by atoms with Crippen LogP contribution in [-0.2, 0) is 4.79 Å². The van der Waals surface area contributed by atoms with E-state index < -0.39 is 0 Å². The molecule has 0 aliphatic carbocycles. The number of rotatable bonds is 8. The number of carbonyl (C=O) groups excluding carboxylic acids is 1. The van der Waals surface area contributed by atoms with E-state index in [-0.39, 0.29) is 12.5 Å². The first-order chi connectivity index (χ1) is 9.54. The summed E-state index contributed by atoms with van der Waals surface area (Å²) in [6, 6.07) is 5.98. The van der Waals surface area contributed by atoms with Gasteiger partial charge in [-0.15, -0.1) is 0 Å². The lowest BCUT2D eigenvalue weighted by atomic mass is 10.0. The van der Waals surface area contributed by atoms with E-state index in [1.54, 1.807) is 0 Å². The molecule has 0 heterocycles. The van der Waals surface area contributed by atoms with Crippen LogP contribution in [0, 0.1) is 0 Å². The number of benzene rings is 1. The van der Waals surface area contributed by atoms with Crippen LogP contribution in [0.4, 0.5) is 0 Å². The molecule has 0 aliphatic heterocycles. The summed E-state index contributed by atoms with van der Waals surface area (Å²) >= 11 is 3.48. The largest absolute Gasteiger partial charge is 0.483 e. The molecular formula is C16H24BrNO2. The van der Waals surface area contributed by atoms with E-state index >= 15 is 0 Å². The van der Waals surface area contributed by atoms with Gasteiger partial charge in [0.1, 0.15) is 5.75 Å². The number of carbonyl (C=O) groups is 1. The Morgan fingerprint density at radius 2 is 2.10 bits per heavy atom. The maximum atomic E-state index is 11.6. The van der Waals surface area contributed by atoms with Gasteiger partial charge in [0, 0.05) is 6.54 Å². The molecule has 0 fully saturated rings. The Balaban J connectivity index is 2.39. The molecule has 0 saturated carbocycles. The van der Waals surface area contributed by atoms with Gasteiger partial charge in [-0.25, -0.2) is 0 Å². The molecule has 0 radical (unpaired) electrons. The fourth-order valence-corrected chi connectivity index (χ4v) is 2.30. The molecule has 0 atom stereocenters. The number of hydrogen-bond donors (Lipinski definition) is 1. The van der Waals surface area contributed by atoms with E-state index in [9.17, 15) is 4.79 Å². The fraction of sp³-hybridized carbons (Fsp3) is 0.562. The van der Waals surface area contributed by atoms with Crippen molar-refractivity contribution in [3.05, 3.63) is 28.2 Å². The first-order valence-corrected chi connectivity index (χ1v) is 8.02. The van der Waals surface area contributed by atoms with Crippen molar-refractivity contribution in [1.29, 1.82) is 0 Å². The molecule has 1 amide bonds. The average Bonchev–Trinajstić information content (AvgIpc) is 2.42. The third kappa shape index (κ3) is 5.95. The lowest BCUT2D eigenvalue weighted by Crippen LogP contribution is -2.29. The van der Waals surface area contributed by atoms with Crippen LogP contribution in [-0.4, -0.2) is 19.1 Å². The first-order valence-electron chi connectivity index (χ1n) is 7.23. The minimum Gasteiger partial charge on any atom is -0.483 e. The van der Waals surface area contributed by atoms with Gasteiger partial charge in [-0.1, -0.05) is 39.7 Å². The maximum absolute atomic E-state index is 11.6. The number of ether oxygens (including phenoxy) is 1. The van der Waals surface area contributed by atoms with E-state index in [1.165, 1.54) is 5.56 Å². The molecule has 4 heteroatoms. The lowest BCUT2D eigenvalue weighted by molar-refractivity contribution is -0.123. The summed E-state index contributed by atoms with van der Waals surface area (Å²) in [5.41, 5.74) is 1.24. The van der Waals surface area contributed by atoms with Gasteiger partial charge in [-0.3, -0.25) is 4.79 Å². The quantitative estimate of drug-likeness (QED) is 0.717. The van der Waals surface area contributed by atoms with Crippen molar-refractivity contribution in [2.24, 2.45) is 0 Å². The van der Waals surface area contributed by atoms with Gasteiger partial charge in [-0.05, 0) is 46.0 Å². The molecule has 1 rings (SSSR count). The van der Waals surface area contributed by atoms with E-state index in [0.717, 1.165) is 30.3 Å². The molecule has 1 N–H and O–H groups in total. The molecule has 1 aromatic rings. The van der Waals surface area contributed by atoms with Crippen molar-refractivity contribution in [3.8, 4) is 5.75 Å². The zero-order chi connectivity index (χ0) is 15.0. The average molecular weight is 342 g/mol. The van der Waals surface area contributed by atoms with Crippen molar-refractivity contribution in [2.75, 3.05) is 13.2 Å². The Bertz CT molecular complexity index is 432. The second-order valence-corrected chi connectivity index (χ2v) is 6.04. The summed E-state index contributed by atoms with van der Waals surface area (Å²) < 4.78 is 6.42. The van der Waals surface area contributed by atoms with Crippen molar-refractivity contribution >= 4 is 21.8 Å². The molecule has 0 aliphatic rings. The summed E-state index contributed by atoms with van der Waals surface area (Å²) in [6.07, 6.45) is 3.32. The number of amides is 1. The van der Waals surface area contributed by atoms with Crippen LogP contribution in [0.15, 0.2) is 22.7 Å². The van der Waals surface area contributed by atoms with Gasteiger partial charge in [0.05, 0.1) is 4.47 Å². The van der Waals surface area contributed by atoms with Crippen LogP contribution in [0.5, 0.6) is 5.75 Å². The van der Waals surface area contributed by atoms with Gasteiger partial charge >= 0.3 is 0 Å². The Morgan fingerprint density at radius 1 is 1.35 bits per heavy atom. The van der Waals surface area contributed by atoms with Crippen LogP contribution in [0.25, 0.3) is 0 Å². The summed E-state index contributed by atoms with van der Waals surface area (Å²) in [5, 5.41) is 2.86. The van der Waals surface area contributed by atoms with Gasteiger partial charge in [0.25, 0.3) is 5.91 Å². The zero-order valence-electron chi connectivity index (χ0n) is 12.5. The number of hydrogen-bond acceptors (Lipinski definition) is 2. The highest BCUT2D eigenvalue weighted by Crippen LogP contribution is 2.28. The molecular weight excluding hydrogens is 318 g/mol. The van der Waals surface area contributed by atoms with Crippen molar-refractivity contribution in [1.82, 2.24) is 5.32 Å². The Labute approximate surface area is 130 Å². The van der Waals surface area contributed by atoms with Gasteiger partial charge < -0.3 is 10.1 Å². The number of unbranched alkanes of at least 4 members (excludes halogenated alkanes) is 2. The Kier molecular flexibility index (Phi) is 7.67. The van der Waals surface area contributed by atoms with Crippen molar-refractivity contribution in [2.45, 2.75) is 46.0 Å². The molecule has 1 aromatic carbocycles. The molecule has 112 valence electrons. The fourth-order valence-electron chi connectivity index (χ4n) is 1.79. The van der Waals surface area contributed by atoms with E-state index in [0.29, 0.717) is 11.7 Å². The van der Waals surface area contributed by atoms with Crippen LogP contribution in [0.1, 0.15) is 51.5 Å². The number of halogens is 1. The number of nitrogens with one attached hydrogen (secondary N) is 1. The highest BCUT2D eigenvalue weighted by molar-refractivity contribution is 9.10. The third-order valence-corrected chi connectivity index (χ3v) is 3.70. The first kappa shape index (κ1) is 17.0. The molecule has 0 bridgehead atoms. The monoisotopic (exact) mass is 341 g/mol. The molecule has 3 nitrogen and oxygen atoms in total. The van der Waals surface area contributed by atoms with Crippen molar-refractivity contribution in [3.63, 3.8) is 0 Å². The van der Waals surface area contributed by atoms with Gasteiger partial charge in [-0.2, -0.15) is 0 Å². The van der Waals surface area contributed by atoms with Crippen LogP contribution >= 0.6 is 15.9 Å². The summed E-state index contributed by atoms with van der Waals surface area (Å²) in [6.45, 7) is 7.22. The highest BCUT2D eigenvalue weighted by Gasteiger charge is 2.07. The van der Waals surface area contributed by atoms with E-state index in [1.807, 2.05) is 18.2 Å². The van der Waals surface area contributed by atoms with Crippen LogP contribution in [0.3, 0.4) is 0 Å². The SMILES string of the molecule is CCCCCNC(=O)COc1ccc(C(C)C)cc1Br. The van der Waals surface area contributed by atoms with Crippen molar-refractivity contribution < 1.29 is 9.53 Å². The maximum Gasteiger partial charge on any atom is 0.257 e. The molecule has 0 saturated heterocycles. The summed E-state index contributed by atoms with van der Waals surface area (Å²) in [5.74, 6) is 1.11. The highest BCUT2D eigenvalue weighted by atomic mass is 79.9. The second-order valence-electron chi connectivity index (χ2n) is 5.19. The normalized spacial score (nSPS) is 10.7. The Morgan fingerprint density at radius 3 is 2.70 bits per heavy atom. The van der Waals surface area contributed by atoms with E-state index in [2.05, 4.69) is 42.0 Å². The molecule has 20 heavy (non-hydrogen) atoms.